The molecule has 0 aliphatic heterocycles. The summed E-state index contributed by atoms with van der Waals surface area (Å²) in [6, 6.07) is 12.7. The van der Waals surface area contributed by atoms with Crippen molar-refractivity contribution in [2.24, 2.45) is 0 Å². The fraction of sp³-hybridized carbons (Fsp3) is 0.263. The summed E-state index contributed by atoms with van der Waals surface area (Å²) in [6.07, 6.45) is 0. The van der Waals surface area contributed by atoms with Crippen LogP contribution in [0.4, 0.5) is 5.69 Å². The second-order valence-electron chi connectivity index (χ2n) is 5.80. The van der Waals surface area contributed by atoms with E-state index >= 15 is 0 Å². The molecule has 5 heteroatoms. The van der Waals surface area contributed by atoms with Crippen LogP contribution in [0.5, 0.6) is 5.75 Å². The number of anilines is 1. The van der Waals surface area contributed by atoms with E-state index in [2.05, 4.69) is 10.6 Å². The Kier molecular flexibility index (Phi) is 5.58. The number of aryl methyl sites for hydroxylation is 2. The molecule has 0 heterocycles. The Morgan fingerprint density at radius 3 is 2.08 bits per heavy atom. The lowest BCUT2D eigenvalue weighted by atomic mass is 10.1. The first-order chi connectivity index (χ1) is 11.4. The minimum atomic E-state index is -0.680. The van der Waals surface area contributed by atoms with E-state index < -0.39 is 11.8 Å². The van der Waals surface area contributed by atoms with Crippen molar-refractivity contribution in [1.29, 1.82) is 0 Å². The molecule has 0 saturated carbocycles. The van der Waals surface area contributed by atoms with Crippen LogP contribution in [0.25, 0.3) is 0 Å². The third kappa shape index (κ3) is 4.59. The van der Waals surface area contributed by atoms with Gasteiger partial charge in [-0.1, -0.05) is 18.2 Å². The van der Waals surface area contributed by atoms with Gasteiger partial charge >= 0.3 is 11.8 Å². The van der Waals surface area contributed by atoms with E-state index in [1.807, 2.05) is 63.2 Å². The lowest BCUT2D eigenvalue weighted by Crippen LogP contribution is -2.36. The number of ether oxygens (including phenoxy) is 1. The Morgan fingerprint density at radius 1 is 0.958 bits per heavy atom. The van der Waals surface area contributed by atoms with Crippen molar-refractivity contribution >= 4 is 17.5 Å². The Hall–Kier alpha value is -2.82. The molecule has 0 aliphatic rings. The van der Waals surface area contributed by atoms with Gasteiger partial charge in [0.25, 0.3) is 0 Å². The number of methoxy groups -OCH3 is 1. The zero-order chi connectivity index (χ0) is 17.7. The summed E-state index contributed by atoms with van der Waals surface area (Å²) in [5.41, 5.74) is 3.56. The molecule has 0 spiro atoms. The van der Waals surface area contributed by atoms with Crippen molar-refractivity contribution in [3.63, 3.8) is 0 Å². The van der Waals surface area contributed by atoms with Crippen LogP contribution in [0.2, 0.25) is 0 Å². The van der Waals surface area contributed by atoms with Gasteiger partial charge in [0.2, 0.25) is 0 Å². The van der Waals surface area contributed by atoms with Crippen LogP contribution < -0.4 is 15.4 Å². The fourth-order valence-electron chi connectivity index (χ4n) is 2.47. The topological polar surface area (TPSA) is 67.4 Å². The average molecular weight is 326 g/mol. The van der Waals surface area contributed by atoms with Gasteiger partial charge in [0, 0.05) is 5.69 Å². The molecule has 0 aromatic heterocycles. The first-order valence-electron chi connectivity index (χ1n) is 7.73. The molecule has 2 amide bonds. The van der Waals surface area contributed by atoms with Crippen molar-refractivity contribution in [3.8, 4) is 5.75 Å². The van der Waals surface area contributed by atoms with Crippen molar-refractivity contribution in [1.82, 2.24) is 5.32 Å². The number of carbonyl (C=O) groups excluding carboxylic acids is 2. The first-order valence-corrected chi connectivity index (χ1v) is 7.73. The maximum atomic E-state index is 12.1. The molecule has 0 aliphatic carbocycles. The van der Waals surface area contributed by atoms with Crippen molar-refractivity contribution < 1.29 is 14.3 Å². The predicted molar refractivity (Wildman–Crippen MR) is 94.1 cm³/mol. The van der Waals surface area contributed by atoms with Crippen molar-refractivity contribution in [2.45, 2.75) is 26.8 Å². The van der Waals surface area contributed by atoms with E-state index in [1.165, 1.54) is 0 Å². The molecule has 2 aromatic carbocycles. The van der Waals surface area contributed by atoms with Gasteiger partial charge in [-0.3, -0.25) is 9.59 Å². The number of hydrogen-bond donors (Lipinski definition) is 2. The van der Waals surface area contributed by atoms with Gasteiger partial charge < -0.3 is 15.4 Å². The quantitative estimate of drug-likeness (QED) is 0.848. The predicted octanol–water partition coefficient (Wildman–Crippen LogP) is 3.13. The minimum absolute atomic E-state index is 0.284. The number of rotatable bonds is 4. The highest BCUT2D eigenvalue weighted by atomic mass is 16.5. The number of carbonyl (C=O) groups is 2. The van der Waals surface area contributed by atoms with Crippen LogP contribution in [0, 0.1) is 13.8 Å². The van der Waals surface area contributed by atoms with E-state index in [-0.39, 0.29) is 6.04 Å². The molecule has 2 rings (SSSR count). The zero-order valence-electron chi connectivity index (χ0n) is 14.3. The normalized spacial score (nSPS) is 11.5. The van der Waals surface area contributed by atoms with Gasteiger partial charge in [-0.2, -0.15) is 0 Å². The third-order valence-corrected chi connectivity index (χ3v) is 3.65. The monoisotopic (exact) mass is 326 g/mol. The maximum absolute atomic E-state index is 12.1. The van der Waals surface area contributed by atoms with Crippen LogP contribution in [-0.2, 0) is 9.59 Å². The maximum Gasteiger partial charge on any atom is 0.313 e. The molecule has 1 atom stereocenters. The summed E-state index contributed by atoms with van der Waals surface area (Å²) in [5, 5.41) is 5.32. The molecule has 126 valence electrons. The van der Waals surface area contributed by atoms with Crippen molar-refractivity contribution in [3.05, 3.63) is 59.2 Å². The summed E-state index contributed by atoms with van der Waals surface area (Å²) in [6.45, 7) is 5.70. The summed E-state index contributed by atoms with van der Waals surface area (Å²) in [7, 11) is 1.59. The van der Waals surface area contributed by atoms with Gasteiger partial charge in [0.15, 0.2) is 0 Å². The Morgan fingerprint density at radius 2 is 1.54 bits per heavy atom. The number of amides is 2. The standard InChI is InChI=1S/C19H22N2O3/c1-12-9-13(2)11-16(10-12)21-19(23)18(22)20-14(3)15-5-7-17(24-4)8-6-15/h5-11,14H,1-4H3,(H,20,22)(H,21,23). The molecule has 1 unspecified atom stereocenters. The SMILES string of the molecule is COc1ccc(C(C)NC(=O)C(=O)Nc2cc(C)cc(C)c2)cc1. The number of nitrogens with one attached hydrogen (secondary N) is 2. The van der Waals surface area contributed by atoms with E-state index in [4.69, 9.17) is 4.74 Å². The lowest BCUT2D eigenvalue weighted by molar-refractivity contribution is -0.136. The Balaban J connectivity index is 1.98. The van der Waals surface area contributed by atoms with Gasteiger partial charge in [0.1, 0.15) is 5.75 Å². The first kappa shape index (κ1) is 17.5. The van der Waals surface area contributed by atoms with Crippen molar-refractivity contribution in [2.75, 3.05) is 12.4 Å². The number of benzene rings is 2. The molecule has 0 saturated heterocycles. The van der Waals surface area contributed by atoms with E-state index in [0.717, 1.165) is 22.4 Å². The summed E-state index contributed by atoms with van der Waals surface area (Å²) < 4.78 is 5.10. The highest BCUT2D eigenvalue weighted by molar-refractivity contribution is 6.39. The lowest BCUT2D eigenvalue weighted by Gasteiger charge is -2.15. The molecular weight excluding hydrogens is 304 g/mol. The van der Waals surface area contributed by atoms with Gasteiger partial charge in [-0.05, 0) is 61.7 Å². The number of hydrogen-bond acceptors (Lipinski definition) is 3. The molecular formula is C19H22N2O3. The zero-order valence-corrected chi connectivity index (χ0v) is 14.3. The molecule has 2 aromatic rings. The fourth-order valence-corrected chi connectivity index (χ4v) is 2.47. The van der Waals surface area contributed by atoms with Crippen LogP contribution in [0.1, 0.15) is 29.7 Å². The molecule has 0 bridgehead atoms. The largest absolute Gasteiger partial charge is 0.497 e. The molecule has 24 heavy (non-hydrogen) atoms. The summed E-state index contributed by atoms with van der Waals surface area (Å²) >= 11 is 0. The highest BCUT2D eigenvalue weighted by Gasteiger charge is 2.17. The van der Waals surface area contributed by atoms with E-state index in [1.54, 1.807) is 7.11 Å². The van der Waals surface area contributed by atoms with Gasteiger partial charge in [-0.15, -0.1) is 0 Å². The van der Waals surface area contributed by atoms with Gasteiger partial charge in [-0.25, -0.2) is 0 Å². The van der Waals surface area contributed by atoms with E-state index in [0.29, 0.717) is 5.69 Å². The average Bonchev–Trinajstić information content (AvgIpc) is 2.53. The van der Waals surface area contributed by atoms with Crippen LogP contribution >= 0.6 is 0 Å². The van der Waals surface area contributed by atoms with Gasteiger partial charge in [0.05, 0.1) is 13.2 Å². The van der Waals surface area contributed by atoms with E-state index in [9.17, 15) is 9.59 Å². The Labute approximate surface area is 142 Å². The molecule has 0 radical (unpaired) electrons. The summed E-state index contributed by atoms with van der Waals surface area (Å²) in [5.74, 6) is -0.609. The second-order valence-corrected chi connectivity index (χ2v) is 5.80. The van der Waals surface area contributed by atoms with Crippen LogP contribution in [-0.4, -0.2) is 18.9 Å². The molecule has 0 fully saturated rings. The molecule has 5 nitrogen and oxygen atoms in total. The summed E-state index contributed by atoms with van der Waals surface area (Å²) in [4.78, 5) is 24.1. The Bertz CT molecular complexity index is 719. The highest BCUT2D eigenvalue weighted by Crippen LogP contribution is 2.17. The smallest absolute Gasteiger partial charge is 0.313 e. The van der Waals surface area contributed by atoms with Crippen LogP contribution in [0.3, 0.4) is 0 Å². The second kappa shape index (κ2) is 7.64. The van der Waals surface area contributed by atoms with Crippen LogP contribution in [0.15, 0.2) is 42.5 Å². The third-order valence-electron chi connectivity index (χ3n) is 3.65. The minimum Gasteiger partial charge on any atom is -0.497 e. The molecule has 2 N–H and O–H groups in total.